The van der Waals surface area contributed by atoms with Crippen LogP contribution in [0.25, 0.3) is 16.5 Å². The van der Waals surface area contributed by atoms with E-state index in [1.54, 1.807) is 56.8 Å². The van der Waals surface area contributed by atoms with Crippen molar-refractivity contribution in [2.45, 2.75) is 31.7 Å². The number of nitrogens with one attached hydrogen (secondary N) is 2. The second-order valence-electron chi connectivity index (χ2n) is 8.78. The number of nitrogens with zero attached hydrogens (tertiary/aromatic N) is 2. The van der Waals surface area contributed by atoms with E-state index < -0.39 is 27.5 Å². The van der Waals surface area contributed by atoms with Crippen molar-refractivity contribution in [3.05, 3.63) is 88.8 Å². The second kappa shape index (κ2) is 9.52. The van der Waals surface area contributed by atoms with Gasteiger partial charge in [-0.2, -0.15) is 4.72 Å². The summed E-state index contributed by atoms with van der Waals surface area (Å²) in [6, 6.07) is 20.2. The summed E-state index contributed by atoms with van der Waals surface area (Å²) in [5, 5.41) is 4.37. The first-order chi connectivity index (χ1) is 16.6. The van der Waals surface area contributed by atoms with E-state index in [9.17, 15) is 18.0 Å². The fourth-order valence-electron chi connectivity index (χ4n) is 3.98. The average molecular weight is 493 g/mol. The molecular weight excluding hydrogens is 464 g/mol. The lowest BCUT2D eigenvalue weighted by Crippen LogP contribution is -2.47. The van der Waals surface area contributed by atoms with Crippen LogP contribution in [0.1, 0.15) is 19.5 Å². The minimum absolute atomic E-state index is 0.0666. The molecule has 182 valence electrons. The lowest BCUT2D eigenvalue weighted by atomic mass is 10.0. The van der Waals surface area contributed by atoms with Crippen LogP contribution in [0.15, 0.2) is 82.5 Å². The van der Waals surface area contributed by atoms with Gasteiger partial charge in [0.2, 0.25) is 15.9 Å². The largest absolute Gasteiger partial charge is 0.319 e. The number of hydrogen-bond acceptors (Lipinski definition) is 4. The van der Waals surface area contributed by atoms with Crippen LogP contribution in [0, 0.1) is 12.8 Å². The summed E-state index contributed by atoms with van der Waals surface area (Å²) >= 11 is 0. The highest BCUT2D eigenvalue weighted by Crippen LogP contribution is 2.21. The van der Waals surface area contributed by atoms with Gasteiger partial charge in [-0.1, -0.05) is 62.4 Å². The van der Waals surface area contributed by atoms with E-state index >= 15 is 0 Å². The smallest absolute Gasteiger partial charge is 0.295 e. The average Bonchev–Trinajstić information content (AvgIpc) is 3.05. The van der Waals surface area contributed by atoms with Crippen molar-refractivity contribution in [1.82, 2.24) is 14.1 Å². The first kappa shape index (κ1) is 24.4. The van der Waals surface area contributed by atoms with Gasteiger partial charge in [0.05, 0.1) is 16.3 Å². The number of fused-ring (bicyclic) bond motifs is 1. The minimum Gasteiger partial charge on any atom is -0.319 e. The SMILES string of the molecule is Cc1c(NC(=O)C(NS(=O)(=O)c2ccc3ccccc3c2)C(C)C)c(=O)n(-c2ccccc2)n1C. The highest BCUT2D eigenvalue weighted by molar-refractivity contribution is 7.89. The van der Waals surface area contributed by atoms with Crippen molar-refractivity contribution in [3.8, 4) is 5.69 Å². The number of rotatable bonds is 7. The predicted molar refractivity (Wildman–Crippen MR) is 137 cm³/mol. The van der Waals surface area contributed by atoms with E-state index in [4.69, 9.17) is 0 Å². The normalized spacial score (nSPS) is 12.7. The number of amides is 1. The molecule has 0 fully saturated rings. The van der Waals surface area contributed by atoms with Gasteiger partial charge in [0, 0.05) is 7.05 Å². The zero-order chi connectivity index (χ0) is 25.3. The van der Waals surface area contributed by atoms with Crippen molar-refractivity contribution in [3.63, 3.8) is 0 Å². The molecular formula is C26H28N4O4S. The van der Waals surface area contributed by atoms with Gasteiger partial charge < -0.3 is 5.32 Å². The lowest BCUT2D eigenvalue weighted by molar-refractivity contribution is -0.118. The first-order valence-corrected chi connectivity index (χ1v) is 12.7. The monoisotopic (exact) mass is 492 g/mol. The maximum Gasteiger partial charge on any atom is 0.295 e. The molecule has 4 rings (SSSR count). The molecule has 0 aliphatic rings. The zero-order valence-corrected chi connectivity index (χ0v) is 20.8. The predicted octanol–water partition coefficient (Wildman–Crippen LogP) is 3.58. The van der Waals surface area contributed by atoms with Gasteiger partial charge >= 0.3 is 0 Å². The molecule has 0 aliphatic carbocycles. The van der Waals surface area contributed by atoms with Crippen molar-refractivity contribution >= 4 is 32.4 Å². The lowest BCUT2D eigenvalue weighted by Gasteiger charge is -2.21. The molecule has 0 bridgehead atoms. The molecule has 35 heavy (non-hydrogen) atoms. The number of para-hydroxylation sites is 1. The molecule has 1 atom stereocenters. The van der Waals surface area contributed by atoms with E-state index in [1.165, 1.54) is 10.7 Å². The minimum atomic E-state index is -4.00. The van der Waals surface area contributed by atoms with E-state index in [1.807, 2.05) is 42.5 Å². The van der Waals surface area contributed by atoms with E-state index in [0.717, 1.165) is 10.8 Å². The highest BCUT2D eigenvalue weighted by atomic mass is 32.2. The molecule has 4 aromatic rings. The van der Waals surface area contributed by atoms with E-state index in [-0.39, 0.29) is 16.5 Å². The Morgan fingerprint density at radius 3 is 2.20 bits per heavy atom. The third-order valence-electron chi connectivity index (χ3n) is 6.06. The van der Waals surface area contributed by atoms with Crippen LogP contribution in [-0.2, 0) is 21.9 Å². The number of aromatic nitrogens is 2. The van der Waals surface area contributed by atoms with Crippen molar-refractivity contribution in [1.29, 1.82) is 0 Å². The Morgan fingerprint density at radius 1 is 0.914 bits per heavy atom. The maximum absolute atomic E-state index is 13.2. The Bertz CT molecular complexity index is 1550. The van der Waals surface area contributed by atoms with Gasteiger partial charge in [0.25, 0.3) is 5.56 Å². The molecule has 2 N–H and O–H groups in total. The summed E-state index contributed by atoms with van der Waals surface area (Å²) in [7, 11) is -2.27. The van der Waals surface area contributed by atoms with Gasteiger partial charge in [-0.05, 0) is 47.9 Å². The standard InChI is InChI=1S/C26H28N4O4S/c1-17(2)23(28-35(33,34)22-15-14-19-10-8-9-11-20(19)16-22)25(31)27-24-18(3)29(4)30(26(24)32)21-12-6-5-7-13-21/h5-17,23,28H,1-4H3,(H,27,31). The highest BCUT2D eigenvalue weighted by Gasteiger charge is 2.30. The van der Waals surface area contributed by atoms with Crippen molar-refractivity contribution in [2.24, 2.45) is 13.0 Å². The summed E-state index contributed by atoms with van der Waals surface area (Å²) in [5.74, 6) is -0.971. The van der Waals surface area contributed by atoms with Crippen molar-refractivity contribution < 1.29 is 13.2 Å². The first-order valence-electron chi connectivity index (χ1n) is 11.3. The molecule has 1 unspecified atom stereocenters. The number of hydrogen-bond donors (Lipinski definition) is 2. The summed E-state index contributed by atoms with van der Waals surface area (Å²) in [6.07, 6.45) is 0. The van der Waals surface area contributed by atoms with Gasteiger partial charge in [-0.15, -0.1) is 0 Å². The van der Waals surface area contributed by atoms with E-state index in [2.05, 4.69) is 10.0 Å². The molecule has 0 spiro atoms. The summed E-state index contributed by atoms with van der Waals surface area (Å²) in [4.78, 5) is 26.5. The molecule has 1 amide bonds. The number of anilines is 1. The second-order valence-corrected chi connectivity index (χ2v) is 10.5. The third-order valence-corrected chi connectivity index (χ3v) is 7.50. The number of carbonyl (C=O) groups excluding carboxylic acids is 1. The molecule has 3 aromatic carbocycles. The Balaban J connectivity index is 1.63. The van der Waals surface area contributed by atoms with Gasteiger partial charge in [0.1, 0.15) is 11.7 Å². The number of sulfonamides is 1. The molecule has 0 saturated heterocycles. The Hall–Kier alpha value is -3.69. The Kier molecular flexibility index (Phi) is 6.64. The molecule has 1 heterocycles. The number of carbonyl (C=O) groups is 1. The third kappa shape index (κ3) is 4.78. The van der Waals surface area contributed by atoms with Crippen LogP contribution in [0.5, 0.6) is 0 Å². The van der Waals surface area contributed by atoms with E-state index in [0.29, 0.717) is 11.4 Å². The van der Waals surface area contributed by atoms with Gasteiger partial charge in [0.15, 0.2) is 0 Å². The summed E-state index contributed by atoms with van der Waals surface area (Å²) in [5.41, 5.74) is 0.912. The molecule has 8 nitrogen and oxygen atoms in total. The van der Waals surface area contributed by atoms with Crippen LogP contribution in [-0.4, -0.2) is 29.7 Å². The fourth-order valence-corrected chi connectivity index (χ4v) is 5.35. The van der Waals surface area contributed by atoms with Crippen LogP contribution < -0.4 is 15.6 Å². The molecule has 0 aliphatic heterocycles. The number of benzene rings is 3. The van der Waals surface area contributed by atoms with Crippen LogP contribution in [0.4, 0.5) is 5.69 Å². The Morgan fingerprint density at radius 2 is 1.54 bits per heavy atom. The van der Waals surface area contributed by atoms with Crippen LogP contribution in [0.2, 0.25) is 0 Å². The molecule has 0 radical (unpaired) electrons. The van der Waals surface area contributed by atoms with Crippen LogP contribution in [0.3, 0.4) is 0 Å². The maximum atomic E-state index is 13.2. The topological polar surface area (TPSA) is 102 Å². The van der Waals surface area contributed by atoms with Crippen LogP contribution >= 0.6 is 0 Å². The molecule has 9 heteroatoms. The van der Waals surface area contributed by atoms with Gasteiger partial charge in [-0.25, -0.2) is 13.1 Å². The molecule has 0 saturated carbocycles. The Labute approximate surface area is 204 Å². The summed E-state index contributed by atoms with van der Waals surface area (Å²) < 4.78 is 32.0. The molecule has 1 aromatic heterocycles. The van der Waals surface area contributed by atoms with Gasteiger partial charge in [-0.3, -0.25) is 14.3 Å². The summed E-state index contributed by atoms with van der Waals surface area (Å²) in [6.45, 7) is 5.21. The fraction of sp³-hybridized carbons (Fsp3) is 0.231. The quantitative estimate of drug-likeness (QED) is 0.412. The zero-order valence-electron chi connectivity index (χ0n) is 20.0. The van der Waals surface area contributed by atoms with Crippen molar-refractivity contribution in [2.75, 3.05) is 5.32 Å².